The SMILES string of the molecule is COc1ccc(CS(=O)(=O)Cc2ccc(OC)c(OC)c2)cc1OC. The first-order chi connectivity index (χ1) is 11.9. The summed E-state index contributed by atoms with van der Waals surface area (Å²) in [4.78, 5) is 0. The van der Waals surface area contributed by atoms with Gasteiger partial charge in [0.25, 0.3) is 0 Å². The van der Waals surface area contributed by atoms with Gasteiger partial charge in [0.05, 0.1) is 39.9 Å². The molecule has 7 heteroatoms. The van der Waals surface area contributed by atoms with E-state index in [9.17, 15) is 8.42 Å². The lowest BCUT2D eigenvalue weighted by Crippen LogP contribution is -2.08. The number of hydrogen-bond donors (Lipinski definition) is 0. The fourth-order valence-corrected chi connectivity index (χ4v) is 3.98. The Morgan fingerprint density at radius 3 is 1.32 bits per heavy atom. The van der Waals surface area contributed by atoms with E-state index >= 15 is 0 Å². The highest BCUT2D eigenvalue weighted by molar-refractivity contribution is 7.89. The lowest BCUT2D eigenvalue weighted by Gasteiger charge is -2.11. The summed E-state index contributed by atoms with van der Waals surface area (Å²) in [5, 5.41) is 0. The fourth-order valence-electron chi connectivity index (χ4n) is 2.50. The van der Waals surface area contributed by atoms with Crippen molar-refractivity contribution >= 4 is 9.84 Å². The summed E-state index contributed by atoms with van der Waals surface area (Å²) in [7, 11) is 2.72. The van der Waals surface area contributed by atoms with Crippen LogP contribution in [0.25, 0.3) is 0 Å². The molecule has 0 amide bonds. The van der Waals surface area contributed by atoms with Gasteiger partial charge in [-0.15, -0.1) is 0 Å². The zero-order valence-electron chi connectivity index (χ0n) is 14.7. The number of hydrogen-bond acceptors (Lipinski definition) is 6. The molecule has 0 saturated carbocycles. The molecule has 0 heterocycles. The minimum Gasteiger partial charge on any atom is -0.493 e. The zero-order chi connectivity index (χ0) is 18.4. The fraction of sp³-hybridized carbons (Fsp3) is 0.333. The minimum absolute atomic E-state index is 0.0955. The van der Waals surface area contributed by atoms with Gasteiger partial charge >= 0.3 is 0 Å². The number of sulfone groups is 1. The highest BCUT2D eigenvalue weighted by Gasteiger charge is 2.16. The standard InChI is InChI=1S/C18H22O6S/c1-21-15-7-5-13(9-17(15)23-3)11-25(19,20)12-14-6-8-16(22-2)18(10-14)24-4/h5-10H,11-12H2,1-4H3. The van der Waals surface area contributed by atoms with Crippen LogP contribution in [0.5, 0.6) is 23.0 Å². The van der Waals surface area contributed by atoms with Gasteiger partial charge in [-0.3, -0.25) is 0 Å². The highest BCUT2D eigenvalue weighted by atomic mass is 32.2. The number of methoxy groups -OCH3 is 4. The topological polar surface area (TPSA) is 71.1 Å². The first-order valence-corrected chi connectivity index (χ1v) is 9.36. The van der Waals surface area contributed by atoms with Gasteiger partial charge in [0.2, 0.25) is 0 Å². The van der Waals surface area contributed by atoms with Gasteiger partial charge in [-0.05, 0) is 35.4 Å². The van der Waals surface area contributed by atoms with Gasteiger partial charge in [0.15, 0.2) is 32.8 Å². The van der Waals surface area contributed by atoms with Crippen molar-refractivity contribution in [2.75, 3.05) is 28.4 Å². The Morgan fingerprint density at radius 1 is 0.640 bits per heavy atom. The van der Waals surface area contributed by atoms with Crippen molar-refractivity contribution in [2.45, 2.75) is 11.5 Å². The van der Waals surface area contributed by atoms with Crippen LogP contribution >= 0.6 is 0 Å². The molecule has 2 aromatic carbocycles. The molecule has 0 aliphatic heterocycles. The van der Waals surface area contributed by atoms with Gasteiger partial charge < -0.3 is 18.9 Å². The predicted octanol–water partition coefficient (Wildman–Crippen LogP) is 2.84. The molecule has 0 saturated heterocycles. The molecule has 0 atom stereocenters. The second-order valence-corrected chi connectivity index (χ2v) is 7.48. The van der Waals surface area contributed by atoms with Crippen LogP contribution in [0.1, 0.15) is 11.1 Å². The predicted molar refractivity (Wildman–Crippen MR) is 95.4 cm³/mol. The summed E-state index contributed by atoms with van der Waals surface area (Å²) in [6.45, 7) is 0. The summed E-state index contributed by atoms with van der Waals surface area (Å²) in [5.74, 6) is 1.93. The summed E-state index contributed by atoms with van der Waals surface area (Å²) in [6, 6.07) is 10.2. The molecule has 0 aliphatic rings. The van der Waals surface area contributed by atoms with E-state index in [4.69, 9.17) is 18.9 Å². The monoisotopic (exact) mass is 366 g/mol. The van der Waals surface area contributed by atoms with E-state index in [1.54, 1.807) is 36.4 Å². The molecule has 0 unspecified atom stereocenters. The molecule has 6 nitrogen and oxygen atoms in total. The molecule has 0 aromatic heterocycles. The third-order valence-corrected chi connectivity index (χ3v) is 5.22. The zero-order valence-corrected chi connectivity index (χ0v) is 15.6. The quantitative estimate of drug-likeness (QED) is 0.715. The molecule has 0 fully saturated rings. The van der Waals surface area contributed by atoms with Crippen molar-refractivity contribution in [2.24, 2.45) is 0 Å². The second-order valence-electron chi connectivity index (χ2n) is 5.41. The summed E-state index contributed by atoms with van der Waals surface area (Å²) >= 11 is 0. The van der Waals surface area contributed by atoms with Crippen LogP contribution < -0.4 is 18.9 Å². The Balaban J connectivity index is 2.20. The molecule has 0 aliphatic carbocycles. The van der Waals surface area contributed by atoms with Gasteiger partial charge in [-0.1, -0.05) is 12.1 Å². The van der Waals surface area contributed by atoms with Gasteiger partial charge in [-0.2, -0.15) is 0 Å². The Hall–Kier alpha value is -2.41. The van der Waals surface area contributed by atoms with Crippen molar-refractivity contribution < 1.29 is 27.4 Å². The molecule has 0 spiro atoms. The Bertz CT molecular complexity index is 766. The smallest absolute Gasteiger partial charge is 0.161 e. The van der Waals surface area contributed by atoms with E-state index in [1.165, 1.54) is 28.4 Å². The van der Waals surface area contributed by atoms with E-state index in [1.807, 2.05) is 0 Å². The van der Waals surface area contributed by atoms with E-state index in [0.717, 1.165) is 0 Å². The third-order valence-electron chi connectivity index (χ3n) is 3.67. The van der Waals surface area contributed by atoms with E-state index in [2.05, 4.69) is 0 Å². The molecule has 2 rings (SSSR count). The summed E-state index contributed by atoms with van der Waals surface area (Å²) < 4.78 is 45.8. The first kappa shape index (κ1) is 18.9. The van der Waals surface area contributed by atoms with Crippen LogP contribution in [-0.2, 0) is 21.3 Å². The third kappa shape index (κ3) is 4.79. The van der Waals surface area contributed by atoms with E-state index < -0.39 is 9.84 Å². The van der Waals surface area contributed by atoms with Gasteiger partial charge in [-0.25, -0.2) is 8.42 Å². The molecular formula is C18H22O6S. The maximum atomic E-state index is 12.5. The van der Waals surface area contributed by atoms with Gasteiger partial charge in [0, 0.05) is 0 Å². The van der Waals surface area contributed by atoms with Crippen molar-refractivity contribution in [3.8, 4) is 23.0 Å². The Kier molecular flexibility index (Phi) is 6.14. The molecular weight excluding hydrogens is 344 g/mol. The van der Waals surface area contributed by atoms with Crippen molar-refractivity contribution in [1.29, 1.82) is 0 Å². The van der Waals surface area contributed by atoms with Gasteiger partial charge in [0.1, 0.15) is 0 Å². The van der Waals surface area contributed by atoms with E-state index in [0.29, 0.717) is 34.1 Å². The van der Waals surface area contributed by atoms with Crippen LogP contribution in [0.2, 0.25) is 0 Å². The van der Waals surface area contributed by atoms with Crippen LogP contribution in [0.15, 0.2) is 36.4 Å². The second kappa shape index (κ2) is 8.11. The van der Waals surface area contributed by atoms with Crippen molar-refractivity contribution in [3.63, 3.8) is 0 Å². The summed E-state index contributed by atoms with van der Waals surface area (Å²) in [5.41, 5.74) is 1.27. The normalized spacial score (nSPS) is 11.0. The summed E-state index contributed by atoms with van der Waals surface area (Å²) in [6.07, 6.45) is 0. The Morgan fingerprint density at radius 2 is 1.00 bits per heavy atom. The maximum Gasteiger partial charge on any atom is 0.161 e. The lowest BCUT2D eigenvalue weighted by atomic mass is 10.2. The maximum absolute atomic E-state index is 12.5. The molecule has 136 valence electrons. The number of ether oxygens (including phenoxy) is 4. The van der Waals surface area contributed by atoms with Crippen LogP contribution in [0, 0.1) is 0 Å². The minimum atomic E-state index is -3.37. The highest BCUT2D eigenvalue weighted by Crippen LogP contribution is 2.30. The number of benzene rings is 2. The molecule has 0 N–H and O–H groups in total. The van der Waals surface area contributed by atoms with Crippen LogP contribution in [-0.4, -0.2) is 36.9 Å². The van der Waals surface area contributed by atoms with E-state index in [-0.39, 0.29) is 11.5 Å². The van der Waals surface area contributed by atoms with Crippen LogP contribution in [0.3, 0.4) is 0 Å². The molecule has 25 heavy (non-hydrogen) atoms. The molecule has 0 radical (unpaired) electrons. The lowest BCUT2D eigenvalue weighted by molar-refractivity contribution is 0.354. The van der Waals surface area contributed by atoms with Crippen LogP contribution in [0.4, 0.5) is 0 Å². The average Bonchev–Trinajstić information content (AvgIpc) is 2.60. The Labute approximate surface area is 148 Å². The average molecular weight is 366 g/mol. The van der Waals surface area contributed by atoms with Crippen molar-refractivity contribution in [3.05, 3.63) is 47.5 Å². The first-order valence-electron chi connectivity index (χ1n) is 7.54. The molecule has 0 bridgehead atoms. The number of rotatable bonds is 8. The molecule has 2 aromatic rings. The largest absolute Gasteiger partial charge is 0.493 e. The van der Waals surface area contributed by atoms with Crippen molar-refractivity contribution in [1.82, 2.24) is 0 Å².